The van der Waals surface area contributed by atoms with E-state index in [-0.39, 0.29) is 11.9 Å². The van der Waals surface area contributed by atoms with Crippen molar-refractivity contribution in [3.05, 3.63) is 24.3 Å². The van der Waals surface area contributed by atoms with Gasteiger partial charge in [-0.05, 0) is 25.0 Å². The van der Waals surface area contributed by atoms with Gasteiger partial charge in [-0.25, -0.2) is 4.98 Å². The van der Waals surface area contributed by atoms with Gasteiger partial charge < -0.3 is 11.1 Å². The molecule has 6 heteroatoms. The molecule has 1 aromatic heterocycles. The van der Waals surface area contributed by atoms with Crippen LogP contribution >= 0.6 is 0 Å². The molecule has 0 aliphatic carbocycles. The third kappa shape index (κ3) is 3.75. The van der Waals surface area contributed by atoms with E-state index in [1.165, 1.54) is 18.3 Å². The second-order valence-electron chi connectivity index (χ2n) is 4.53. The minimum Gasteiger partial charge on any atom is -0.328 e. The number of hydrogen-bond donors (Lipinski definition) is 2. The van der Waals surface area contributed by atoms with Crippen LogP contribution in [0.5, 0.6) is 0 Å². The van der Waals surface area contributed by atoms with Crippen LogP contribution in [-0.4, -0.2) is 41.5 Å². The summed E-state index contributed by atoms with van der Waals surface area (Å²) in [6.07, 6.45) is 3.15. The number of piperidine rings is 1. The number of hydrogen-bond acceptors (Lipinski definition) is 4. The summed E-state index contributed by atoms with van der Waals surface area (Å²) >= 11 is 0. The smallest absolute Gasteiger partial charge is 0.238 e. The van der Waals surface area contributed by atoms with E-state index < -0.39 is 5.95 Å². The first-order valence-corrected chi connectivity index (χ1v) is 6.03. The molecular formula is C12H17FN4O. The van der Waals surface area contributed by atoms with Gasteiger partial charge in [0.1, 0.15) is 0 Å². The monoisotopic (exact) mass is 252 g/mol. The molecular weight excluding hydrogens is 235 g/mol. The van der Waals surface area contributed by atoms with Crippen molar-refractivity contribution in [2.75, 3.05) is 25.0 Å². The van der Waals surface area contributed by atoms with Crippen LogP contribution in [-0.2, 0) is 4.79 Å². The zero-order valence-corrected chi connectivity index (χ0v) is 10.1. The number of rotatable bonds is 3. The van der Waals surface area contributed by atoms with Gasteiger partial charge in [-0.3, -0.25) is 9.69 Å². The first-order chi connectivity index (χ1) is 8.63. The van der Waals surface area contributed by atoms with Gasteiger partial charge in [-0.2, -0.15) is 4.39 Å². The summed E-state index contributed by atoms with van der Waals surface area (Å²) in [6, 6.07) is 2.97. The lowest BCUT2D eigenvalue weighted by molar-refractivity contribution is -0.117. The van der Waals surface area contributed by atoms with Crippen molar-refractivity contribution in [3.8, 4) is 0 Å². The quantitative estimate of drug-likeness (QED) is 0.772. The molecule has 0 saturated carbocycles. The van der Waals surface area contributed by atoms with Gasteiger partial charge in [0.25, 0.3) is 0 Å². The highest BCUT2D eigenvalue weighted by Gasteiger charge is 2.18. The average molecular weight is 252 g/mol. The Morgan fingerprint density at radius 1 is 1.50 bits per heavy atom. The standard InChI is InChI=1S/C12H17FN4O/c13-11-2-1-10(7-15-11)16-12(18)8-17-5-3-9(14)4-6-17/h1-2,7,9H,3-6,8,14H2,(H,16,18). The fourth-order valence-corrected chi connectivity index (χ4v) is 1.96. The zero-order chi connectivity index (χ0) is 13.0. The maximum absolute atomic E-state index is 12.6. The summed E-state index contributed by atoms with van der Waals surface area (Å²) in [6.45, 7) is 2.02. The van der Waals surface area contributed by atoms with Crippen molar-refractivity contribution < 1.29 is 9.18 Å². The van der Waals surface area contributed by atoms with Crippen LogP contribution in [0.1, 0.15) is 12.8 Å². The summed E-state index contributed by atoms with van der Waals surface area (Å²) in [5.41, 5.74) is 6.30. The maximum atomic E-state index is 12.6. The predicted octanol–water partition coefficient (Wildman–Crippen LogP) is 0.582. The first kappa shape index (κ1) is 12.9. The molecule has 1 fully saturated rings. The number of amides is 1. The molecule has 0 radical (unpaired) electrons. The summed E-state index contributed by atoms with van der Waals surface area (Å²) in [5, 5.41) is 2.69. The van der Waals surface area contributed by atoms with E-state index in [9.17, 15) is 9.18 Å². The number of likely N-dealkylation sites (tertiary alicyclic amines) is 1. The number of anilines is 1. The van der Waals surface area contributed by atoms with Crippen molar-refractivity contribution in [3.63, 3.8) is 0 Å². The Labute approximate surface area is 105 Å². The van der Waals surface area contributed by atoms with Crippen LogP contribution in [0, 0.1) is 5.95 Å². The number of nitrogens with two attached hydrogens (primary N) is 1. The molecule has 0 aromatic carbocycles. The summed E-state index contributed by atoms with van der Waals surface area (Å²) in [4.78, 5) is 17.3. The minimum atomic E-state index is -0.557. The largest absolute Gasteiger partial charge is 0.328 e. The van der Waals surface area contributed by atoms with E-state index in [1.54, 1.807) is 0 Å². The highest BCUT2D eigenvalue weighted by molar-refractivity contribution is 5.92. The van der Waals surface area contributed by atoms with Crippen LogP contribution < -0.4 is 11.1 Å². The van der Waals surface area contributed by atoms with Gasteiger partial charge >= 0.3 is 0 Å². The fraction of sp³-hybridized carbons (Fsp3) is 0.500. The summed E-state index contributed by atoms with van der Waals surface area (Å²) in [5.74, 6) is -0.670. The molecule has 3 N–H and O–H groups in total. The predicted molar refractivity (Wildman–Crippen MR) is 66.5 cm³/mol. The van der Waals surface area contributed by atoms with Crippen molar-refractivity contribution in [2.24, 2.45) is 5.73 Å². The van der Waals surface area contributed by atoms with E-state index >= 15 is 0 Å². The van der Waals surface area contributed by atoms with Crippen LogP contribution in [0.4, 0.5) is 10.1 Å². The van der Waals surface area contributed by atoms with Gasteiger partial charge in [-0.1, -0.05) is 0 Å². The van der Waals surface area contributed by atoms with Gasteiger partial charge in [0.2, 0.25) is 11.9 Å². The number of carbonyl (C=O) groups excluding carboxylic acids is 1. The van der Waals surface area contributed by atoms with Gasteiger partial charge in [0, 0.05) is 19.1 Å². The Hall–Kier alpha value is -1.53. The molecule has 2 heterocycles. The van der Waals surface area contributed by atoms with Crippen LogP contribution in [0.3, 0.4) is 0 Å². The number of carbonyl (C=O) groups is 1. The third-order valence-electron chi connectivity index (χ3n) is 3.01. The lowest BCUT2D eigenvalue weighted by Crippen LogP contribution is -2.43. The molecule has 1 amide bonds. The normalized spacial score (nSPS) is 17.7. The number of nitrogens with zero attached hydrogens (tertiary/aromatic N) is 2. The molecule has 5 nitrogen and oxygen atoms in total. The summed E-state index contributed by atoms with van der Waals surface area (Å²) < 4.78 is 12.6. The fourth-order valence-electron chi connectivity index (χ4n) is 1.96. The van der Waals surface area contributed by atoms with Crippen LogP contribution in [0.15, 0.2) is 18.3 Å². The second kappa shape index (κ2) is 5.88. The lowest BCUT2D eigenvalue weighted by atomic mass is 10.1. The topological polar surface area (TPSA) is 71.2 Å². The molecule has 0 bridgehead atoms. The Morgan fingerprint density at radius 2 is 2.22 bits per heavy atom. The van der Waals surface area contributed by atoms with E-state index in [2.05, 4.69) is 15.2 Å². The van der Waals surface area contributed by atoms with E-state index in [0.29, 0.717) is 12.2 Å². The number of aromatic nitrogens is 1. The summed E-state index contributed by atoms with van der Waals surface area (Å²) in [7, 11) is 0. The molecule has 1 aromatic rings. The molecule has 0 spiro atoms. The number of pyridine rings is 1. The van der Waals surface area contributed by atoms with Gasteiger partial charge in [-0.15, -0.1) is 0 Å². The average Bonchev–Trinajstić information content (AvgIpc) is 2.35. The molecule has 18 heavy (non-hydrogen) atoms. The number of halogens is 1. The maximum Gasteiger partial charge on any atom is 0.238 e. The van der Waals surface area contributed by atoms with Crippen molar-refractivity contribution in [1.29, 1.82) is 0 Å². The SMILES string of the molecule is NC1CCN(CC(=O)Nc2ccc(F)nc2)CC1. The third-order valence-corrected chi connectivity index (χ3v) is 3.01. The Kier molecular flexibility index (Phi) is 4.22. The van der Waals surface area contributed by atoms with Crippen LogP contribution in [0.25, 0.3) is 0 Å². The zero-order valence-electron chi connectivity index (χ0n) is 10.1. The molecule has 1 saturated heterocycles. The first-order valence-electron chi connectivity index (χ1n) is 6.03. The molecule has 1 aliphatic rings. The molecule has 0 unspecified atom stereocenters. The Morgan fingerprint density at radius 3 is 2.83 bits per heavy atom. The molecule has 0 atom stereocenters. The van der Waals surface area contributed by atoms with Crippen LogP contribution in [0.2, 0.25) is 0 Å². The molecule has 98 valence electrons. The van der Waals surface area contributed by atoms with E-state index in [1.807, 2.05) is 0 Å². The Bertz CT molecular complexity index is 401. The van der Waals surface area contributed by atoms with Gasteiger partial charge in [0.05, 0.1) is 18.4 Å². The highest BCUT2D eigenvalue weighted by Crippen LogP contribution is 2.09. The molecule has 1 aliphatic heterocycles. The van der Waals surface area contributed by atoms with E-state index in [4.69, 9.17) is 5.73 Å². The lowest BCUT2D eigenvalue weighted by Gasteiger charge is -2.29. The van der Waals surface area contributed by atoms with Gasteiger partial charge in [0.15, 0.2) is 0 Å². The van der Waals surface area contributed by atoms with Crippen molar-refractivity contribution in [1.82, 2.24) is 9.88 Å². The second-order valence-corrected chi connectivity index (χ2v) is 4.53. The number of nitrogens with one attached hydrogen (secondary N) is 1. The molecule has 2 rings (SSSR count). The van der Waals surface area contributed by atoms with Crippen molar-refractivity contribution in [2.45, 2.75) is 18.9 Å². The van der Waals surface area contributed by atoms with E-state index in [0.717, 1.165) is 25.9 Å². The highest BCUT2D eigenvalue weighted by atomic mass is 19.1. The minimum absolute atomic E-state index is 0.112. The Balaban J connectivity index is 1.80. The van der Waals surface area contributed by atoms with Crippen molar-refractivity contribution >= 4 is 11.6 Å².